The molecule has 11 heavy (non-hydrogen) atoms. The van der Waals surface area contributed by atoms with E-state index in [-0.39, 0.29) is 10.8 Å². The third-order valence-electron chi connectivity index (χ3n) is 1.19. The van der Waals surface area contributed by atoms with Gasteiger partial charge in [-0.1, -0.05) is 0 Å². The van der Waals surface area contributed by atoms with Crippen LogP contribution in [0.25, 0.3) is 0 Å². The molecule has 0 aromatic carbocycles. The van der Waals surface area contributed by atoms with Crippen LogP contribution in [-0.2, 0) is 15.6 Å². The molecule has 0 amide bonds. The molecule has 0 saturated heterocycles. The summed E-state index contributed by atoms with van der Waals surface area (Å²) in [4.78, 5) is 14.7. The zero-order valence-electron chi connectivity index (χ0n) is 5.98. The minimum Gasteiger partial charge on any atom is -0.321 e. The van der Waals surface area contributed by atoms with E-state index in [2.05, 4.69) is 4.99 Å². The topological polar surface area (TPSA) is 72.5 Å². The highest BCUT2D eigenvalue weighted by Crippen LogP contribution is 2.03. The first-order valence-electron chi connectivity index (χ1n) is 3.08. The van der Waals surface area contributed by atoms with Gasteiger partial charge < -0.3 is 5.73 Å². The summed E-state index contributed by atoms with van der Waals surface area (Å²) in [5.74, 6) is -0.353. The zero-order chi connectivity index (χ0) is 8.43. The van der Waals surface area contributed by atoms with Crippen molar-refractivity contribution < 1.29 is 9.00 Å². The molecule has 0 aromatic heterocycles. The number of hydrogen-bond acceptors (Lipinski definition) is 4. The summed E-state index contributed by atoms with van der Waals surface area (Å²) in [6.45, 7) is 1.54. The smallest absolute Gasteiger partial charge is 0.206 e. The molecule has 0 saturated carbocycles. The molecule has 0 fully saturated rings. The van der Waals surface area contributed by atoms with Gasteiger partial charge in [-0.15, -0.1) is 0 Å². The maximum atomic E-state index is 11.1. The largest absolute Gasteiger partial charge is 0.321 e. The molecular weight excluding hydrogens is 164 g/mol. The second-order valence-corrected chi connectivity index (χ2v) is 3.42. The molecule has 0 bridgehead atoms. The van der Waals surface area contributed by atoms with E-state index in [9.17, 15) is 9.00 Å². The number of rotatable bonds is 2. The minimum absolute atomic E-state index is 0.0556. The Hall–Kier alpha value is -0.810. The molecule has 5 heteroatoms. The predicted octanol–water partition coefficient (Wildman–Crippen LogP) is -0.465. The first-order valence-corrected chi connectivity index (χ1v) is 4.29. The van der Waals surface area contributed by atoms with Gasteiger partial charge >= 0.3 is 0 Å². The van der Waals surface area contributed by atoms with Crippen molar-refractivity contribution in [1.82, 2.24) is 0 Å². The second kappa shape index (κ2) is 3.06. The number of Topliss-reactive ketones (excluding diaryl/α,β-unsaturated/α-hetero) is 1. The van der Waals surface area contributed by atoms with Crippen molar-refractivity contribution in [3.8, 4) is 0 Å². The van der Waals surface area contributed by atoms with Gasteiger partial charge in [-0.3, -0.25) is 4.79 Å². The molecule has 60 valence electrons. The number of carbonyl (C=O) groups excluding carboxylic acids is 1. The van der Waals surface area contributed by atoms with E-state index in [1.807, 2.05) is 0 Å². The molecule has 1 aliphatic rings. The summed E-state index contributed by atoms with van der Waals surface area (Å²) < 4.78 is 10.9. The summed E-state index contributed by atoms with van der Waals surface area (Å²) in [6.07, 6.45) is 1.35. The van der Waals surface area contributed by atoms with Gasteiger partial charge in [-0.25, -0.2) is 9.20 Å². The summed E-state index contributed by atoms with van der Waals surface area (Å²) in [5, 5.41) is 1.41. The number of carbonyl (C=O) groups is 1. The Kier molecular flexibility index (Phi) is 2.31. The highest BCUT2D eigenvalue weighted by atomic mass is 32.2. The minimum atomic E-state index is -1.37. The van der Waals surface area contributed by atoms with Crippen molar-refractivity contribution in [2.75, 3.05) is 0 Å². The zero-order valence-corrected chi connectivity index (χ0v) is 6.80. The number of ketones is 1. The second-order valence-electron chi connectivity index (χ2n) is 2.17. The fraction of sp³-hybridized carbons (Fsp3) is 0.333. The average Bonchev–Trinajstić information content (AvgIpc) is 2.33. The van der Waals surface area contributed by atoms with Crippen LogP contribution in [0.15, 0.2) is 16.6 Å². The first kappa shape index (κ1) is 8.29. The maximum absolute atomic E-state index is 11.1. The number of nitrogens with zero attached hydrogens (tertiary/aromatic N) is 1. The fourth-order valence-corrected chi connectivity index (χ4v) is 1.48. The number of aliphatic imine (C=N–C) groups is 1. The van der Waals surface area contributed by atoms with E-state index in [0.717, 1.165) is 0 Å². The third kappa shape index (κ3) is 1.61. The van der Waals surface area contributed by atoms with Crippen LogP contribution in [0.4, 0.5) is 0 Å². The lowest BCUT2D eigenvalue weighted by molar-refractivity contribution is -0.113. The van der Waals surface area contributed by atoms with Gasteiger partial charge in [0, 0.05) is 11.6 Å². The molecule has 0 aliphatic carbocycles. The van der Waals surface area contributed by atoms with Crippen LogP contribution in [0.5, 0.6) is 0 Å². The highest BCUT2D eigenvalue weighted by molar-refractivity contribution is 8.05. The van der Waals surface area contributed by atoms with Crippen LogP contribution >= 0.6 is 0 Å². The van der Waals surface area contributed by atoms with E-state index < -0.39 is 16.8 Å². The summed E-state index contributed by atoms with van der Waals surface area (Å²) in [6, 6.07) is -0.627. The molecule has 0 spiro atoms. The van der Waals surface area contributed by atoms with Gasteiger partial charge in [-0.2, -0.15) is 0 Å². The third-order valence-corrected chi connectivity index (χ3v) is 2.25. The molecule has 4 nitrogen and oxygen atoms in total. The Morgan fingerprint density at radius 2 is 2.45 bits per heavy atom. The molecule has 2 N–H and O–H groups in total. The van der Waals surface area contributed by atoms with Crippen molar-refractivity contribution in [2.45, 2.75) is 13.0 Å². The van der Waals surface area contributed by atoms with Crippen LogP contribution < -0.4 is 5.73 Å². The Morgan fingerprint density at radius 1 is 1.82 bits per heavy atom. The van der Waals surface area contributed by atoms with Gasteiger partial charge in [0.15, 0.2) is 5.04 Å². The van der Waals surface area contributed by atoms with Crippen molar-refractivity contribution in [2.24, 2.45) is 10.7 Å². The van der Waals surface area contributed by atoms with E-state index in [4.69, 9.17) is 5.73 Å². The molecular formula is C6H8N2O2S. The SMILES string of the molecule is C[C@H](N)C(=O)C1=NC=CS1=O. The Labute approximate surface area is 66.6 Å². The van der Waals surface area contributed by atoms with E-state index >= 15 is 0 Å². The molecule has 0 radical (unpaired) electrons. The van der Waals surface area contributed by atoms with Gasteiger partial charge in [0.25, 0.3) is 0 Å². The van der Waals surface area contributed by atoms with Crippen LogP contribution in [0.1, 0.15) is 6.92 Å². The van der Waals surface area contributed by atoms with Crippen molar-refractivity contribution in [3.05, 3.63) is 11.6 Å². The van der Waals surface area contributed by atoms with Gasteiger partial charge in [-0.05, 0) is 6.92 Å². The fourth-order valence-electron chi connectivity index (χ4n) is 0.627. The van der Waals surface area contributed by atoms with E-state index in [1.165, 1.54) is 11.6 Å². The molecule has 1 unspecified atom stereocenters. The maximum Gasteiger partial charge on any atom is 0.206 e. The van der Waals surface area contributed by atoms with Gasteiger partial charge in [0.05, 0.1) is 6.04 Å². The summed E-state index contributed by atoms with van der Waals surface area (Å²) in [7, 11) is -1.37. The monoisotopic (exact) mass is 172 g/mol. The first-order chi connectivity index (χ1) is 5.13. The molecule has 0 aromatic rings. The molecule has 1 rings (SSSR count). The number of nitrogens with two attached hydrogens (primary N) is 1. The Balaban J connectivity index is 2.79. The van der Waals surface area contributed by atoms with Crippen LogP contribution in [0, 0.1) is 0 Å². The normalized spacial score (nSPS) is 24.9. The highest BCUT2D eigenvalue weighted by Gasteiger charge is 2.22. The summed E-state index contributed by atoms with van der Waals surface area (Å²) >= 11 is 0. The van der Waals surface area contributed by atoms with Crippen molar-refractivity contribution >= 4 is 21.6 Å². The molecule has 2 atom stereocenters. The average molecular weight is 172 g/mol. The summed E-state index contributed by atoms with van der Waals surface area (Å²) in [5.41, 5.74) is 5.29. The predicted molar refractivity (Wildman–Crippen MR) is 43.4 cm³/mol. The standard InChI is InChI=1S/C6H8N2O2S/c1-4(7)5(9)6-8-2-3-11(6)10/h2-4H,7H2,1H3/t4-,11?/m0/s1. The number of hydrogen-bond donors (Lipinski definition) is 1. The van der Waals surface area contributed by atoms with Gasteiger partial charge in [0.2, 0.25) is 5.78 Å². The van der Waals surface area contributed by atoms with E-state index in [0.29, 0.717) is 0 Å². The van der Waals surface area contributed by atoms with Crippen molar-refractivity contribution in [3.63, 3.8) is 0 Å². The van der Waals surface area contributed by atoms with Crippen molar-refractivity contribution in [1.29, 1.82) is 0 Å². The lowest BCUT2D eigenvalue weighted by Gasteiger charge is -2.00. The quantitative estimate of drug-likeness (QED) is 0.612. The van der Waals surface area contributed by atoms with Gasteiger partial charge in [0.1, 0.15) is 10.8 Å². The lowest BCUT2D eigenvalue weighted by Crippen LogP contribution is -2.33. The van der Waals surface area contributed by atoms with Crippen LogP contribution in [0.2, 0.25) is 0 Å². The van der Waals surface area contributed by atoms with Crippen LogP contribution in [-0.4, -0.2) is 21.1 Å². The van der Waals surface area contributed by atoms with E-state index in [1.54, 1.807) is 6.92 Å². The Bertz CT molecular complexity index is 268. The molecule has 1 aliphatic heterocycles. The van der Waals surface area contributed by atoms with Crippen LogP contribution in [0.3, 0.4) is 0 Å². The lowest BCUT2D eigenvalue weighted by atomic mass is 10.2. The Morgan fingerprint density at radius 3 is 2.82 bits per heavy atom. The molecule has 1 heterocycles.